The van der Waals surface area contributed by atoms with Gasteiger partial charge in [0, 0.05) is 37.5 Å². The number of rotatable bonds is 6. The first-order valence-corrected chi connectivity index (χ1v) is 8.67. The summed E-state index contributed by atoms with van der Waals surface area (Å²) in [5.74, 6) is 0.277. The fraction of sp³-hybridized carbons (Fsp3) is 0.368. The van der Waals surface area contributed by atoms with Crippen molar-refractivity contribution < 1.29 is 19.4 Å². The summed E-state index contributed by atoms with van der Waals surface area (Å²) in [6.45, 7) is 1.29. The van der Waals surface area contributed by atoms with Crippen LogP contribution in [-0.2, 0) is 4.79 Å². The van der Waals surface area contributed by atoms with Crippen molar-refractivity contribution in [2.45, 2.75) is 25.7 Å². The summed E-state index contributed by atoms with van der Waals surface area (Å²) in [4.78, 5) is 33.4. The lowest BCUT2D eigenvalue weighted by atomic mass is 9.93. The first kappa shape index (κ1) is 17.8. The number of nitrogens with zero attached hydrogens (tertiary/aromatic N) is 3. The van der Waals surface area contributed by atoms with Gasteiger partial charge in [-0.05, 0) is 43.4 Å². The van der Waals surface area contributed by atoms with Crippen LogP contribution in [0.3, 0.4) is 0 Å². The van der Waals surface area contributed by atoms with Crippen molar-refractivity contribution in [3.63, 3.8) is 0 Å². The molecule has 0 aliphatic carbocycles. The van der Waals surface area contributed by atoms with Gasteiger partial charge >= 0.3 is 5.97 Å². The van der Waals surface area contributed by atoms with Gasteiger partial charge in [-0.15, -0.1) is 0 Å². The molecule has 1 N–H and O–H groups in total. The predicted molar refractivity (Wildman–Crippen MR) is 94.0 cm³/mol. The van der Waals surface area contributed by atoms with Crippen molar-refractivity contribution in [1.82, 2.24) is 14.9 Å². The second-order valence-corrected chi connectivity index (χ2v) is 6.37. The second kappa shape index (κ2) is 8.42. The summed E-state index contributed by atoms with van der Waals surface area (Å²) >= 11 is 0. The lowest BCUT2D eigenvalue weighted by Crippen LogP contribution is -2.40. The Morgan fingerprint density at radius 1 is 1.31 bits per heavy atom. The summed E-state index contributed by atoms with van der Waals surface area (Å²) in [6.07, 6.45) is 7.22. The van der Waals surface area contributed by atoms with Crippen LogP contribution in [0.2, 0.25) is 0 Å². The van der Waals surface area contributed by atoms with E-state index in [-0.39, 0.29) is 18.2 Å². The van der Waals surface area contributed by atoms with Gasteiger partial charge in [0.25, 0.3) is 5.91 Å². The highest BCUT2D eigenvalue weighted by atomic mass is 16.5. The number of carbonyl (C=O) groups excluding carboxylic acids is 1. The predicted octanol–water partition coefficient (Wildman–Crippen LogP) is 2.99. The number of likely N-dealkylation sites (tertiary alicyclic amines) is 1. The van der Waals surface area contributed by atoms with Gasteiger partial charge in [-0.1, -0.05) is 6.07 Å². The van der Waals surface area contributed by atoms with Crippen LogP contribution in [0.25, 0.3) is 0 Å². The molecule has 0 bridgehead atoms. The molecule has 1 atom stereocenters. The standard InChI is InChI=1S/C19H21N3O4/c23-18(24)7-6-14-3-2-10-22(13-14)19(25)15-4-1-5-16(11-15)26-17-12-20-8-9-21-17/h1,4-5,8-9,11-12,14H,2-3,6-7,10,13H2,(H,23,24). The normalized spacial score (nSPS) is 16.9. The molecule has 1 saturated heterocycles. The first-order valence-electron chi connectivity index (χ1n) is 8.67. The molecule has 0 saturated carbocycles. The third-order valence-corrected chi connectivity index (χ3v) is 4.42. The molecule has 0 spiro atoms. The summed E-state index contributed by atoms with van der Waals surface area (Å²) in [5, 5.41) is 8.84. The van der Waals surface area contributed by atoms with E-state index in [1.165, 1.54) is 12.4 Å². The van der Waals surface area contributed by atoms with Crippen molar-refractivity contribution in [3.8, 4) is 11.6 Å². The fourth-order valence-electron chi connectivity index (χ4n) is 3.15. The number of amides is 1. The van der Waals surface area contributed by atoms with E-state index in [0.717, 1.165) is 12.8 Å². The molecular formula is C19H21N3O4. The Morgan fingerprint density at radius 2 is 2.19 bits per heavy atom. The van der Waals surface area contributed by atoms with Gasteiger partial charge in [0.15, 0.2) is 0 Å². The molecule has 3 rings (SSSR count). The van der Waals surface area contributed by atoms with Crippen LogP contribution in [0, 0.1) is 5.92 Å². The fourth-order valence-corrected chi connectivity index (χ4v) is 3.15. The molecule has 1 aliphatic rings. The van der Waals surface area contributed by atoms with Crippen molar-refractivity contribution >= 4 is 11.9 Å². The van der Waals surface area contributed by atoms with Crippen LogP contribution >= 0.6 is 0 Å². The Hall–Kier alpha value is -2.96. The zero-order valence-corrected chi connectivity index (χ0v) is 14.4. The third-order valence-electron chi connectivity index (χ3n) is 4.42. The first-order chi connectivity index (χ1) is 12.6. The molecule has 1 unspecified atom stereocenters. The molecule has 136 valence electrons. The van der Waals surface area contributed by atoms with E-state index in [2.05, 4.69) is 9.97 Å². The van der Waals surface area contributed by atoms with Crippen molar-refractivity contribution in [1.29, 1.82) is 0 Å². The van der Waals surface area contributed by atoms with Gasteiger partial charge in [0.2, 0.25) is 5.88 Å². The van der Waals surface area contributed by atoms with Gasteiger partial charge in [-0.2, -0.15) is 0 Å². The molecule has 1 aromatic heterocycles. The van der Waals surface area contributed by atoms with Crippen LogP contribution in [0.1, 0.15) is 36.0 Å². The molecule has 7 nitrogen and oxygen atoms in total. The molecule has 2 heterocycles. The number of hydrogen-bond donors (Lipinski definition) is 1. The van der Waals surface area contributed by atoms with Gasteiger partial charge in [0.05, 0.1) is 6.20 Å². The summed E-state index contributed by atoms with van der Waals surface area (Å²) in [7, 11) is 0. The van der Waals surface area contributed by atoms with E-state index in [1.54, 1.807) is 35.4 Å². The molecule has 1 aliphatic heterocycles. The van der Waals surface area contributed by atoms with E-state index >= 15 is 0 Å². The number of piperidine rings is 1. The quantitative estimate of drug-likeness (QED) is 0.856. The number of carbonyl (C=O) groups is 2. The third kappa shape index (κ3) is 4.78. The summed E-state index contributed by atoms with van der Waals surface area (Å²) in [5.41, 5.74) is 0.547. The van der Waals surface area contributed by atoms with Crippen LogP contribution < -0.4 is 4.74 Å². The molecule has 1 aromatic carbocycles. The van der Waals surface area contributed by atoms with Gasteiger partial charge in [0.1, 0.15) is 5.75 Å². The Labute approximate surface area is 151 Å². The van der Waals surface area contributed by atoms with E-state index < -0.39 is 5.97 Å². The Kier molecular flexibility index (Phi) is 5.78. The van der Waals surface area contributed by atoms with Gasteiger partial charge in [-0.3, -0.25) is 14.6 Å². The minimum absolute atomic E-state index is 0.0605. The number of carboxylic acid groups (broad SMARTS) is 1. The Bertz CT molecular complexity index is 766. The van der Waals surface area contributed by atoms with E-state index in [0.29, 0.717) is 36.7 Å². The number of hydrogen-bond acceptors (Lipinski definition) is 5. The topological polar surface area (TPSA) is 92.6 Å². The Balaban J connectivity index is 1.65. The number of carboxylic acids is 1. The van der Waals surface area contributed by atoms with E-state index in [4.69, 9.17) is 9.84 Å². The van der Waals surface area contributed by atoms with Crippen molar-refractivity contribution in [2.24, 2.45) is 5.92 Å². The van der Waals surface area contributed by atoms with Gasteiger partial charge in [-0.25, -0.2) is 4.98 Å². The lowest BCUT2D eigenvalue weighted by molar-refractivity contribution is -0.137. The van der Waals surface area contributed by atoms with E-state index in [1.807, 2.05) is 0 Å². The van der Waals surface area contributed by atoms with Crippen molar-refractivity contribution in [2.75, 3.05) is 13.1 Å². The highest BCUT2D eigenvalue weighted by molar-refractivity contribution is 5.94. The zero-order chi connectivity index (χ0) is 18.4. The molecule has 2 aromatic rings. The minimum Gasteiger partial charge on any atom is -0.481 e. The molecule has 26 heavy (non-hydrogen) atoms. The summed E-state index contributed by atoms with van der Waals surface area (Å²) < 4.78 is 5.63. The van der Waals surface area contributed by atoms with Crippen LogP contribution in [0.4, 0.5) is 0 Å². The monoisotopic (exact) mass is 355 g/mol. The molecule has 1 amide bonds. The maximum atomic E-state index is 12.8. The second-order valence-electron chi connectivity index (χ2n) is 6.37. The largest absolute Gasteiger partial charge is 0.481 e. The molecule has 1 fully saturated rings. The number of aliphatic carboxylic acids is 1. The van der Waals surface area contributed by atoms with Crippen molar-refractivity contribution in [3.05, 3.63) is 48.4 Å². The molecular weight excluding hydrogens is 334 g/mol. The SMILES string of the molecule is O=C(O)CCC1CCCN(C(=O)c2cccc(Oc3cnccn3)c2)C1. The van der Waals surface area contributed by atoms with Crippen LogP contribution in [0.15, 0.2) is 42.9 Å². The highest BCUT2D eigenvalue weighted by Crippen LogP contribution is 2.24. The average Bonchev–Trinajstić information content (AvgIpc) is 2.67. The maximum Gasteiger partial charge on any atom is 0.303 e. The number of aromatic nitrogens is 2. The zero-order valence-electron chi connectivity index (χ0n) is 14.4. The molecule has 0 radical (unpaired) electrons. The van der Waals surface area contributed by atoms with Gasteiger partial charge < -0.3 is 14.7 Å². The maximum absolute atomic E-state index is 12.8. The number of benzene rings is 1. The van der Waals surface area contributed by atoms with Crippen LogP contribution in [-0.4, -0.2) is 44.9 Å². The average molecular weight is 355 g/mol. The highest BCUT2D eigenvalue weighted by Gasteiger charge is 2.25. The van der Waals surface area contributed by atoms with Crippen LogP contribution in [0.5, 0.6) is 11.6 Å². The smallest absolute Gasteiger partial charge is 0.303 e. The molecule has 7 heteroatoms. The number of ether oxygens (including phenoxy) is 1. The minimum atomic E-state index is -0.790. The Morgan fingerprint density at radius 3 is 2.96 bits per heavy atom. The lowest BCUT2D eigenvalue weighted by Gasteiger charge is -2.32. The van der Waals surface area contributed by atoms with E-state index in [9.17, 15) is 9.59 Å². The summed E-state index contributed by atoms with van der Waals surface area (Å²) in [6, 6.07) is 6.98.